The lowest BCUT2D eigenvalue weighted by Gasteiger charge is -2.24. The summed E-state index contributed by atoms with van der Waals surface area (Å²) in [6.07, 6.45) is -3.65. The number of hydrogen-bond donors (Lipinski definition) is 1. The van der Waals surface area contributed by atoms with Gasteiger partial charge in [0.2, 0.25) is 0 Å². The minimum Gasteiger partial charge on any atom is -0.481 e. The van der Waals surface area contributed by atoms with Gasteiger partial charge >= 0.3 is 17.8 Å². The average molecular weight is 216 g/mol. The molecule has 3 nitrogen and oxygen atoms in total. The van der Waals surface area contributed by atoms with E-state index in [0.717, 1.165) is 6.92 Å². The molecule has 0 aromatic carbocycles. The molecule has 0 saturated heterocycles. The van der Waals surface area contributed by atoms with Crippen LogP contribution in [0, 0.1) is 0 Å². The van der Waals surface area contributed by atoms with E-state index in [2.05, 4.69) is 0 Å². The van der Waals surface area contributed by atoms with Crippen LogP contribution in [0.25, 0.3) is 0 Å². The van der Waals surface area contributed by atoms with E-state index in [0.29, 0.717) is 0 Å². The van der Waals surface area contributed by atoms with Gasteiger partial charge in [0.25, 0.3) is 0 Å². The van der Waals surface area contributed by atoms with Crippen LogP contribution < -0.4 is 0 Å². The Morgan fingerprint density at radius 2 is 1.43 bits per heavy atom. The molecule has 0 bridgehead atoms. The van der Waals surface area contributed by atoms with Crippen LogP contribution in [0.2, 0.25) is 0 Å². The van der Waals surface area contributed by atoms with E-state index in [1.54, 1.807) is 0 Å². The average Bonchev–Trinajstić information content (AvgIpc) is 1.78. The smallest absolute Gasteiger partial charge is 0.321 e. The summed E-state index contributed by atoms with van der Waals surface area (Å²) in [5.74, 6) is -12.5. The zero-order valence-corrected chi connectivity index (χ0v) is 7.19. The van der Waals surface area contributed by atoms with E-state index in [9.17, 15) is 27.2 Å². The number of aliphatic carboxylic acids is 1. The zero-order valence-electron chi connectivity index (χ0n) is 7.19. The minimum absolute atomic E-state index is 0.727. The van der Waals surface area contributed by atoms with Crippen molar-refractivity contribution < 1.29 is 32.3 Å². The van der Waals surface area contributed by atoms with Crippen LogP contribution in [0.1, 0.15) is 19.8 Å². The van der Waals surface area contributed by atoms with Gasteiger partial charge in [-0.2, -0.15) is 17.6 Å². The molecule has 0 heterocycles. The summed E-state index contributed by atoms with van der Waals surface area (Å²) in [6, 6.07) is 0. The highest BCUT2D eigenvalue weighted by Gasteiger charge is 2.57. The quantitative estimate of drug-likeness (QED) is 0.711. The van der Waals surface area contributed by atoms with Crippen LogP contribution >= 0.6 is 0 Å². The summed E-state index contributed by atoms with van der Waals surface area (Å²) in [5.41, 5.74) is 0. The Morgan fingerprint density at radius 1 is 1.07 bits per heavy atom. The van der Waals surface area contributed by atoms with Crippen molar-refractivity contribution in [2.45, 2.75) is 31.6 Å². The van der Waals surface area contributed by atoms with Crippen molar-refractivity contribution >= 4 is 11.8 Å². The second-order valence-electron chi connectivity index (χ2n) is 2.86. The van der Waals surface area contributed by atoms with Crippen LogP contribution in [-0.2, 0) is 9.59 Å². The van der Waals surface area contributed by atoms with Gasteiger partial charge in [0, 0.05) is 0 Å². The van der Waals surface area contributed by atoms with Gasteiger partial charge in [-0.3, -0.25) is 9.59 Å². The third-order valence-electron chi connectivity index (χ3n) is 1.38. The van der Waals surface area contributed by atoms with Crippen molar-refractivity contribution in [3.63, 3.8) is 0 Å². The van der Waals surface area contributed by atoms with Crippen LogP contribution in [0.5, 0.6) is 0 Å². The highest BCUT2D eigenvalue weighted by Crippen LogP contribution is 2.39. The summed E-state index contributed by atoms with van der Waals surface area (Å²) >= 11 is 0. The number of ketones is 1. The van der Waals surface area contributed by atoms with Gasteiger partial charge in [-0.25, -0.2) is 0 Å². The molecule has 0 aliphatic rings. The summed E-state index contributed by atoms with van der Waals surface area (Å²) in [5, 5.41) is 7.95. The largest absolute Gasteiger partial charge is 0.481 e. The zero-order chi connectivity index (χ0) is 11.6. The Bertz CT molecular complexity index is 223. The molecule has 0 spiro atoms. The topological polar surface area (TPSA) is 54.4 Å². The fourth-order valence-electron chi connectivity index (χ4n) is 0.761. The molecule has 0 amide bonds. The minimum atomic E-state index is -4.70. The van der Waals surface area contributed by atoms with Crippen LogP contribution in [0.15, 0.2) is 0 Å². The number of rotatable bonds is 5. The number of Topliss-reactive ketones (excluding diaryl/α,β-unsaturated/α-hetero) is 1. The van der Waals surface area contributed by atoms with E-state index in [1.807, 2.05) is 0 Å². The van der Waals surface area contributed by atoms with Crippen LogP contribution in [0.4, 0.5) is 17.6 Å². The van der Waals surface area contributed by atoms with Crippen molar-refractivity contribution in [2.75, 3.05) is 0 Å². The molecule has 1 N–H and O–H groups in total. The van der Waals surface area contributed by atoms with Crippen LogP contribution in [0.3, 0.4) is 0 Å². The first kappa shape index (κ1) is 12.9. The molecule has 0 radical (unpaired) electrons. The van der Waals surface area contributed by atoms with Gasteiger partial charge in [0.1, 0.15) is 12.2 Å². The highest BCUT2D eigenvalue weighted by atomic mass is 19.3. The van der Waals surface area contributed by atoms with E-state index in [4.69, 9.17) is 5.11 Å². The lowest BCUT2D eigenvalue weighted by atomic mass is 10.0. The molecular weight excluding hydrogens is 208 g/mol. The summed E-state index contributed by atoms with van der Waals surface area (Å²) in [6.45, 7) is 0.727. The van der Waals surface area contributed by atoms with E-state index in [-0.39, 0.29) is 0 Å². The standard InChI is InChI=1S/C7H8F4O3/c1-4(12)2-6(8,9)7(10,11)3-5(13)14/h2-3H2,1H3,(H,13,14). The first-order chi connectivity index (χ1) is 6.08. The molecule has 0 aromatic rings. The molecule has 0 aliphatic carbocycles. The Labute approximate surface area is 76.7 Å². The molecule has 0 saturated carbocycles. The predicted molar refractivity (Wildman–Crippen MR) is 37.4 cm³/mol. The second-order valence-corrected chi connectivity index (χ2v) is 2.86. The SMILES string of the molecule is CC(=O)CC(F)(F)C(F)(F)CC(=O)O. The number of carboxylic acids is 1. The first-order valence-electron chi connectivity index (χ1n) is 3.55. The van der Waals surface area contributed by atoms with Crippen molar-refractivity contribution in [1.82, 2.24) is 0 Å². The maximum absolute atomic E-state index is 12.6. The van der Waals surface area contributed by atoms with Gasteiger partial charge in [-0.05, 0) is 6.92 Å². The molecule has 7 heteroatoms. The maximum Gasteiger partial charge on any atom is 0.321 e. The molecule has 82 valence electrons. The van der Waals surface area contributed by atoms with Crippen molar-refractivity contribution in [1.29, 1.82) is 0 Å². The fourth-order valence-corrected chi connectivity index (χ4v) is 0.761. The molecule has 0 atom stereocenters. The molecule has 0 aromatic heterocycles. The number of carboxylic acid groups (broad SMARTS) is 1. The molecule has 0 aliphatic heterocycles. The van der Waals surface area contributed by atoms with E-state index < -0.39 is 36.4 Å². The molecule has 14 heavy (non-hydrogen) atoms. The van der Waals surface area contributed by atoms with Crippen molar-refractivity contribution in [2.24, 2.45) is 0 Å². The van der Waals surface area contributed by atoms with Crippen LogP contribution in [-0.4, -0.2) is 28.7 Å². The third kappa shape index (κ3) is 3.31. The predicted octanol–water partition coefficient (Wildman–Crippen LogP) is 1.71. The van der Waals surface area contributed by atoms with Gasteiger partial charge in [-0.15, -0.1) is 0 Å². The number of hydrogen-bond acceptors (Lipinski definition) is 2. The number of carbonyl (C=O) groups is 2. The third-order valence-corrected chi connectivity index (χ3v) is 1.38. The van der Waals surface area contributed by atoms with Crippen molar-refractivity contribution in [3.05, 3.63) is 0 Å². The normalized spacial score (nSPS) is 12.6. The van der Waals surface area contributed by atoms with Crippen molar-refractivity contribution in [3.8, 4) is 0 Å². The highest BCUT2D eigenvalue weighted by molar-refractivity contribution is 5.77. The second kappa shape index (κ2) is 3.93. The fraction of sp³-hybridized carbons (Fsp3) is 0.714. The van der Waals surface area contributed by atoms with Gasteiger partial charge in [0.05, 0.1) is 6.42 Å². The number of halogens is 4. The lowest BCUT2D eigenvalue weighted by Crippen LogP contribution is -2.43. The Morgan fingerprint density at radius 3 is 1.71 bits per heavy atom. The number of carbonyl (C=O) groups excluding carboxylic acids is 1. The molecule has 0 rings (SSSR count). The van der Waals surface area contributed by atoms with E-state index in [1.165, 1.54) is 0 Å². The Balaban J connectivity index is 4.67. The Hall–Kier alpha value is -1.14. The van der Waals surface area contributed by atoms with Gasteiger partial charge in [-0.1, -0.05) is 0 Å². The lowest BCUT2D eigenvalue weighted by molar-refractivity contribution is -0.217. The summed E-state index contributed by atoms with van der Waals surface area (Å²) < 4.78 is 50.2. The van der Waals surface area contributed by atoms with Gasteiger partial charge < -0.3 is 5.11 Å². The monoisotopic (exact) mass is 216 g/mol. The Kier molecular flexibility index (Phi) is 3.61. The van der Waals surface area contributed by atoms with Gasteiger partial charge in [0.15, 0.2) is 0 Å². The summed E-state index contributed by atoms with van der Waals surface area (Å²) in [4.78, 5) is 20.1. The maximum atomic E-state index is 12.6. The number of alkyl halides is 4. The molecule has 0 unspecified atom stereocenters. The van der Waals surface area contributed by atoms with E-state index >= 15 is 0 Å². The first-order valence-corrected chi connectivity index (χ1v) is 3.55. The molecule has 0 fully saturated rings. The summed E-state index contributed by atoms with van der Waals surface area (Å²) in [7, 11) is 0. The molecular formula is C7H8F4O3.